The van der Waals surface area contributed by atoms with Crippen LogP contribution in [0.4, 0.5) is 0 Å². The van der Waals surface area contributed by atoms with Crippen molar-refractivity contribution >= 4 is 40.1 Å². The molecule has 30 heavy (non-hydrogen) atoms. The number of aromatic nitrogens is 2. The predicted octanol–water partition coefficient (Wildman–Crippen LogP) is 4.96. The molecule has 0 bridgehead atoms. The molecule has 0 saturated carbocycles. The first-order valence-electron chi connectivity index (χ1n) is 9.37. The number of benzene rings is 3. The number of carboxylic acids is 1. The molecular weight excluding hydrogens is 396 g/mol. The second-order valence-corrected chi connectivity index (χ2v) is 7.51. The minimum atomic E-state index is -1.15. The summed E-state index contributed by atoms with van der Waals surface area (Å²) in [6, 6.07) is 21.6. The lowest BCUT2D eigenvalue weighted by molar-refractivity contribution is -0.130. The third-order valence-corrected chi connectivity index (χ3v) is 5.43. The van der Waals surface area contributed by atoms with Crippen LogP contribution < -0.4 is 0 Å². The monoisotopic (exact) mass is 414 g/mol. The van der Waals surface area contributed by atoms with E-state index in [2.05, 4.69) is 8.75 Å². The predicted molar refractivity (Wildman–Crippen MR) is 118 cm³/mol. The van der Waals surface area contributed by atoms with E-state index in [1.807, 2.05) is 37.3 Å². The Bertz CT molecular complexity index is 1260. The van der Waals surface area contributed by atoms with E-state index >= 15 is 0 Å². The summed E-state index contributed by atoms with van der Waals surface area (Å²) in [5.41, 5.74) is 4.39. The van der Waals surface area contributed by atoms with Crippen LogP contribution in [0, 0.1) is 6.92 Å². The molecule has 0 aliphatic rings. The molecule has 148 valence electrons. The van der Waals surface area contributed by atoms with E-state index in [1.54, 1.807) is 42.5 Å². The van der Waals surface area contributed by atoms with Crippen molar-refractivity contribution in [1.82, 2.24) is 8.75 Å². The van der Waals surface area contributed by atoms with Gasteiger partial charge in [0.15, 0.2) is 5.78 Å². The van der Waals surface area contributed by atoms with E-state index in [1.165, 1.54) is 0 Å². The van der Waals surface area contributed by atoms with Crippen LogP contribution in [0.25, 0.3) is 16.6 Å². The first-order valence-corrected chi connectivity index (χ1v) is 10.1. The highest BCUT2D eigenvalue weighted by Gasteiger charge is 2.24. The van der Waals surface area contributed by atoms with Crippen LogP contribution in [0.2, 0.25) is 0 Å². The Kier molecular flexibility index (Phi) is 5.50. The van der Waals surface area contributed by atoms with E-state index in [4.69, 9.17) is 0 Å². The van der Waals surface area contributed by atoms with Crippen LogP contribution in [0.3, 0.4) is 0 Å². The third-order valence-electron chi connectivity index (χ3n) is 4.87. The Balaban J connectivity index is 1.91. The Morgan fingerprint density at radius 1 is 0.867 bits per heavy atom. The fourth-order valence-electron chi connectivity index (χ4n) is 3.32. The smallest absolute Gasteiger partial charge is 0.336 e. The zero-order valence-electron chi connectivity index (χ0n) is 16.2. The van der Waals surface area contributed by atoms with Gasteiger partial charge in [0.25, 0.3) is 0 Å². The van der Waals surface area contributed by atoms with Gasteiger partial charge in [-0.25, -0.2) is 4.79 Å². The van der Waals surface area contributed by atoms with E-state index in [0.29, 0.717) is 22.2 Å². The number of hydrogen-bond donors (Lipinski definition) is 1. The van der Waals surface area contributed by atoms with Crippen LogP contribution in [0.15, 0.2) is 78.4 Å². The van der Waals surface area contributed by atoms with Gasteiger partial charge in [-0.15, -0.1) is 0 Å². The van der Waals surface area contributed by atoms with Crippen LogP contribution in [-0.2, 0) is 11.2 Å². The molecule has 1 N–H and O–H groups in total. The van der Waals surface area contributed by atoms with Crippen LogP contribution in [0.5, 0.6) is 0 Å². The van der Waals surface area contributed by atoms with E-state index in [0.717, 1.165) is 22.9 Å². The zero-order chi connectivity index (χ0) is 21.1. The molecule has 4 aromatic rings. The summed E-state index contributed by atoms with van der Waals surface area (Å²) < 4.78 is 8.37. The van der Waals surface area contributed by atoms with Crippen molar-refractivity contribution in [3.05, 3.63) is 101 Å². The van der Waals surface area contributed by atoms with E-state index in [-0.39, 0.29) is 23.4 Å². The molecule has 0 fully saturated rings. The number of ketones is 1. The van der Waals surface area contributed by atoms with Gasteiger partial charge in [-0.2, -0.15) is 8.75 Å². The fourth-order valence-corrected chi connectivity index (χ4v) is 3.84. The topological polar surface area (TPSA) is 80.2 Å². The van der Waals surface area contributed by atoms with Crippen LogP contribution in [-0.4, -0.2) is 25.6 Å². The number of carbonyl (C=O) groups excluding carboxylic acids is 1. The highest BCUT2D eigenvalue weighted by atomic mass is 32.1. The van der Waals surface area contributed by atoms with Gasteiger partial charge in [0.05, 0.1) is 17.3 Å². The van der Waals surface area contributed by atoms with Crippen molar-refractivity contribution in [2.24, 2.45) is 0 Å². The number of carboxylic acid groups (broad SMARTS) is 1. The molecular formula is C24H18N2O3S. The van der Waals surface area contributed by atoms with Crippen molar-refractivity contribution in [3.8, 4) is 0 Å². The summed E-state index contributed by atoms with van der Waals surface area (Å²) in [6.45, 7) is 1.98. The minimum Gasteiger partial charge on any atom is -0.478 e. The number of fused-ring (bicyclic) bond motifs is 1. The molecule has 1 heterocycles. The molecule has 0 spiro atoms. The summed E-state index contributed by atoms with van der Waals surface area (Å²) in [7, 11) is 0. The minimum absolute atomic E-state index is 0.0145. The molecule has 0 radical (unpaired) electrons. The lowest BCUT2D eigenvalue weighted by atomic mass is 9.89. The van der Waals surface area contributed by atoms with Gasteiger partial charge in [0.2, 0.25) is 0 Å². The van der Waals surface area contributed by atoms with Crippen LogP contribution in [0.1, 0.15) is 27.0 Å². The molecule has 6 heteroatoms. The van der Waals surface area contributed by atoms with Crippen molar-refractivity contribution < 1.29 is 14.7 Å². The summed E-state index contributed by atoms with van der Waals surface area (Å²) in [6.07, 6.45) is 0.211. The summed E-state index contributed by atoms with van der Waals surface area (Å²) in [4.78, 5) is 25.8. The molecule has 0 aliphatic heterocycles. The molecule has 4 rings (SSSR count). The Morgan fingerprint density at radius 3 is 2.27 bits per heavy atom. The van der Waals surface area contributed by atoms with Gasteiger partial charge in [-0.1, -0.05) is 66.2 Å². The van der Waals surface area contributed by atoms with E-state index < -0.39 is 5.97 Å². The molecule has 0 saturated heterocycles. The number of aliphatic carboxylic acids is 1. The highest BCUT2D eigenvalue weighted by Crippen LogP contribution is 2.28. The zero-order valence-corrected chi connectivity index (χ0v) is 17.0. The Hall–Kier alpha value is -3.64. The van der Waals surface area contributed by atoms with Crippen molar-refractivity contribution in [1.29, 1.82) is 0 Å². The first kappa shape index (κ1) is 19.7. The SMILES string of the molecule is Cc1ccc(CC(C(=O)c2ccccc2)=C(C(=O)O)c2ccc3nsnc3c2)cc1. The number of rotatable bonds is 6. The van der Waals surface area contributed by atoms with Gasteiger partial charge in [0.1, 0.15) is 11.0 Å². The molecule has 5 nitrogen and oxygen atoms in total. The van der Waals surface area contributed by atoms with Crippen molar-refractivity contribution in [2.45, 2.75) is 13.3 Å². The lowest BCUT2D eigenvalue weighted by Crippen LogP contribution is -2.14. The summed E-state index contributed by atoms with van der Waals surface area (Å²) >= 11 is 1.07. The molecule has 0 amide bonds. The normalized spacial score (nSPS) is 11.9. The summed E-state index contributed by atoms with van der Waals surface area (Å²) in [5, 5.41) is 10.1. The average Bonchev–Trinajstić information content (AvgIpc) is 3.22. The number of nitrogens with zero attached hydrogens (tertiary/aromatic N) is 2. The number of hydrogen-bond acceptors (Lipinski definition) is 5. The van der Waals surface area contributed by atoms with Gasteiger partial charge < -0.3 is 5.11 Å². The van der Waals surface area contributed by atoms with Gasteiger partial charge in [-0.3, -0.25) is 4.79 Å². The number of aryl methyl sites for hydroxylation is 1. The second-order valence-electron chi connectivity index (χ2n) is 6.98. The second kappa shape index (κ2) is 8.39. The maximum Gasteiger partial charge on any atom is 0.336 e. The number of carbonyl (C=O) groups is 2. The Labute approximate surface area is 177 Å². The number of Topliss-reactive ketones (excluding diaryl/α,β-unsaturated/α-hetero) is 1. The number of allylic oxidation sites excluding steroid dienone is 1. The van der Waals surface area contributed by atoms with Gasteiger partial charge >= 0.3 is 5.97 Å². The van der Waals surface area contributed by atoms with Crippen molar-refractivity contribution in [3.63, 3.8) is 0 Å². The first-order chi connectivity index (χ1) is 14.5. The lowest BCUT2D eigenvalue weighted by Gasteiger charge is -2.13. The standard InChI is InChI=1S/C24H18N2O3S/c1-15-7-9-16(10-8-15)13-19(23(27)17-5-3-2-4-6-17)22(24(28)29)18-11-12-20-21(14-18)26-30-25-20/h2-12,14H,13H2,1H3,(H,28,29). The molecule has 0 atom stereocenters. The Morgan fingerprint density at radius 2 is 1.57 bits per heavy atom. The van der Waals surface area contributed by atoms with Crippen LogP contribution >= 0.6 is 11.7 Å². The van der Waals surface area contributed by atoms with Gasteiger partial charge in [0, 0.05) is 17.6 Å². The molecule has 0 aliphatic carbocycles. The third kappa shape index (κ3) is 4.04. The largest absolute Gasteiger partial charge is 0.478 e. The maximum atomic E-state index is 13.4. The van der Waals surface area contributed by atoms with E-state index in [9.17, 15) is 14.7 Å². The van der Waals surface area contributed by atoms with Gasteiger partial charge in [-0.05, 0) is 30.2 Å². The average molecular weight is 414 g/mol. The molecule has 3 aromatic carbocycles. The van der Waals surface area contributed by atoms with Crippen molar-refractivity contribution in [2.75, 3.05) is 0 Å². The molecule has 1 aromatic heterocycles. The highest BCUT2D eigenvalue weighted by molar-refractivity contribution is 7.00. The summed E-state index contributed by atoms with van der Waals surface area (Å²) in [5.74, 6) is -1.45. The fraction of sp³-hybridized carbons (Fsp3) is 0.0833. The molecule has 0 unspecified atom stereocenters. The quantitative estimate of drug-likeness (QED) is 0.356. The maximum absolute atomic E-state index is 13.4.